The van der Waals surface area contributed by atoms with Gasteiger partial charge in [-0.3, -0.25) is 9.89 Å². The summed E-state index contributed by atoms with van der Waals surface area (Å²) >= 11 is 5.84. The van der Waals surface area contributed by atoms with Crippen LogP contribution < -0.4 is 10.6 Å². The SMILES string of the molecule is O=C(Cc1n[nH]c(CNc2ccc(Cl)cc2)n1)NCc1ccco1. The number of carbonyl (C=O) groups is 1. The molecule has 3 N–H and O–H groups in total. The number of amides is 1. The van der Waals surface area contributed by atoms with E-state index in [9.17, 15) is 4.79 Å². The van der Waals surface area contributed by atoms with E-state index in [0.717, 1.165) is 5.69 Å². The Kier molecular flexibility index (Phi) is 5.12. The monoisotopic (exact) mass is 345 g/mol. The lowest BCUT2D eigenvalue weighted by Crippen LogP contribution is -2.24. The van der Waals surface area contributed by atoms with Crippen molar-refractivity contribution < 1.29 is 9.21 Å². The van der Waals surface area contributed by atoms with E-state index >= 15 is 0 Å². The minimum Gasteiger partial charge on any atom is -0.467 e. The van der Waals surface area contributed by atoms with Gasteiger partial charge in [-0.2, -0.15) is 5.10 Å². The van der Waals surface area contributed by atoms with Crippen molar-refractivity contribution in [1.29, 1.82) is 0 Å². The highest BCUT2D eigenvalue weighted by Gasteiger charge is 2.09. The highest BCUT2D eigenvalue weighted by Crippen LogP contribution is 2.13. The van der Waals surface area contributed by atoms with Crippen LogP contribution in [0, 0.1) is 0 Å². The number of rotatable bonds is 7. The van der Waals surface area contributed by atoms with E-state index in [1.54, 1.807) is 30.5 Å². The molecule has 24 heavy (non-hydrogen) atoms. The zero-order chi connectivity index (χ0) is 16.8. The number of nitrogens with zero attached hydrogens (tertiary/aromatic N) is 2. The summed E-state index contributed by atoms with van der Waals surface area (Å²) in [7, 11) is 0. The molecule has 8 heteroatoms. The topological polar surface area (TPSA) is 95.8 Å². The Morgan fingerprint density at radius 1 is 1.21 bits per heavy atom. The van der Waals surface area contributed by atoms with E-state index in [1.807, 2.05) is 12.1 Å². The number of aromatic amines is 1. The first kappa shape index (κ1) is 16.1. The van der Waals surface area contributed by atoms with Gasteiger partial charge in [-0.15, -0.1) is 0 Å². The molecule has 0 saturated heterocycles. The molecule has 0 bridgehead atoms. The molecular weight excluding hydrogens is 330 g/mol. The summed E-state index contributed by atoms with van der Waals surface area (Å²) in [4.78, 5) is 16.1. The quantitative estimate of drug-likeness (QED) is 0.611. The number of furan rings is 1. The second kappa shape index (κ2) is 7.65. The normalized spacial score (nSPS) is 10.5. The minimum atomic E-state index is -0.164. The van der Waals surface area contributed by atoms with E-state index in [-0.39, 0.29) is 12.3 Å². The Labute approximate surface area is 143 Å². The van der Waals surface area contributed by atoms with Crippen LogP contribution in [0.25, 0.3) is 0 Å². The summed E-state index contributed by atoms with van der Waals surface area (Å²) < 4.78 is 5.15. The van der Waals surface area contributed by atoms with Crippen LogP contribution in [0.3, 0.4) is 0 Å². The molecule has 0 unspecified atom stereocenters. The molecule has 2 heterocycles. The highest BCUT2D eigenvalue weighted by molar-refractivity contribution is 6.30. The number of anilines is 1. The van der Waals surface area contributed by atoms with Crippen molar-refractivity contribution in [3.63, 3.8) is 0 Å². The Morgan fingerprint density at radius 3 is 2.79 bits per heavy atom. The van der Waals surface area contributed by atoms with Crippen molar-refractivity contribution in [3.8, 4) is 0 Å². The first-order valence-electron chi connectivity index (χ1n) is 7.38. The summed E-state index contributed by atoms with van der Waals surface area (Å²) in [5, 5.41) is 13.5. The van der Waals surface area contributed by atoms with E-state index in [2.05, 4.69) is 25.8 Å². The molecule has 0 aliphatic rings. The number of carbonyl (C=O) groups excluding carboxylic acids is 1. The predicted molar refractivity (Wildman–Crippen MR) is 89.4 cm³/mol. The lowest BCUT2D eigenvalue weighted by atomic mass is 10.3. The highest BCUT2D eigenvalue weighted by atomic mass is 35.5. The van der Waals surface area contributed by atoms with Gasteiger partial charge in [-0.25, -0.2) is 4.98 Å². The number of H-pyrrole nitrogens is 1. The maximum atomic E-state index is 11.9. The van der Waals surface area contributed by atoms with Gasteiger partial charge in [0.2, 0.25) is 5.91 Å². The van der Waals surface area contributed by atoms with Crippen LogP contribution in [0.1, 0.15) is 17.4 Å². The van der Waals surface area contributed by atoms with Crippen molar-refractivity contribution in [2.45, 2.75) is 19.5 Å². The van der Waals surface area contributed by atoms with Crippen LogP contribution in [-0.4, -0.2) is 21.1 Å². The molecule has 124 valence electrons. The number of aromatic nitrogens is 3. The molecule has 0 atom stereocenters. The summed E-state index contributed by atoms with van der Waals surface area (Å²) in [6, 6.07) is 10.9. The third kappa shape index (κ3) is 4.60. The number of nitrogens with one attached hydrogen (secondary N) is 3. The third-order valence-electron chi connectivity index (χ3n) is 3.24. The average molecular weight is 346 g/mol. The van der Waals surface area contributed by atoms with E-state index in [1.165, 1.54) is 0 Å². The molecule has 3 aromatic rings. The fourth-order valence-corrected chi connectivity index (χ4v) is 2.18. The van der Waals surface area contributed by atoms with Crippen molar-refractivity contribution in [2.75, 3.05) is 5.32 Å². The molecule has 0 aliphatic carbocycles. The standard InChI is InChI=1S/C16H16ClN5O2/c17-11-3-5-12(6-4-11)18-10-15-20-14(21-22-15)8-16(23)19-9-13-2-1-7-24-13/h1-7,18H,8-10H2,(H,19,23)(H,20,21,22). The third-order valence-corrected chi connectivity index (χ3v) is 3.49. The Bertz CT molecular complexity index is 783. The van der Waals surface area contributed by atoms with Gasteiger partial charge in [-0.1, -0.05) is 11.6 Å². The molecule has 0 spiro atoms. The van der Waals surface area contributed by atoms with Gasteiger partial charge in [0.05, 0.1) is 25.8 Å². The van der Waals surface area contributed by atoms with Crippen LogP contribution in [0.15, 0.2) is 47.1 Å². The average Bonchev–Trinajstić information content (AvgIpc) is 3.24. The summed E-state index contributed by atoms with van der Waals surface area (Å²) in [5.41, 5.74) is 0.925. The Balaban J connectivity index is 1.46. The first-order chi connectivity index (χ1) is 11.7. The van der Waals surface area contributed by atoms with Crippen molar-refractivity contribution >= 4 is 23.2 Å². The lowest BCUT2D eigenvalue weighted by molar-refractivity contribution is -0.120. The molecule has 7 nitrogen and oxygen atoms in total. The summed E-state index contributed by atoms with van der Waals surface area (Å²) in [5.74, 6) is 1.63. The summed E-state index contributed by atoms with van der Waals surface area (Å²) in [6.07, 6.45) is 1.68. The Morgan fingerprint density at radius 2 is 2.04 bits per heavy atom. The molecule has 1 amide bonds. The van der Waals surface area contributed by atoms with Gasteiger partial charge in [0.1, 0.15) is 11.6 Å². The largest absolute Gasteiger partial charge is 0.467 e. The van der Waals surface area contributed by atoms with Gasteiger partial charge in [0, 0.05) is 10.7 Å². The maximum absolute atomic E-state index is 11.9. The second-order valence-corrected chi connectivity index (χ2v) is 5.53. The number of benzene rings is 1. The van der Waals surface area contributed by atoms with Crippen LogP contribution in [0.2, 0.25) is 5.02 Å². The van der Waals surface area contributed by atoms with Crippen molar-refractivity contribution in [2.24, 2.45) is 0 Å². The smallest absolute Gasteiger partial charge is 0.228 e. The van der Waals surface area contributed by atoms with E-state index in [0.29, 0.717) is 35.5 Å². The van der Waals surface area contributed by atoms with Crippen LogP contribution in [0.4, 0.5) is 5.69 Å². The van der Waals surface area contributed by atoms with Gasteiger partial charge < -0.3 is 15.1 Å². The fraction of sp³-hybridized carbons (Fsp3) is 0.188. The number of hydrogen-bond donors (Lipinski definition) is 3. The number of halogens is 1. The van der Waals surface area contributed by atoms with Gasteiger partial charge in [0.25, 0.3) is 0 Å². The van der Waals surface area contributed by atoms with Gasteiger partial charge in [0.15, 0.2) is 5.82 Å². The lowest BCUT2D eigenvalue weighted by Gasteiger charge is -2.03. The van der Waals surface area contributed by atoms with Crippen molar-refractivity contribution in [1.82, 2.24) is 20.5 Å². The molecule has 0 fully saturated rings. The number of hydrogen-bond acceptors (Lipinski definition) is 5. The van der Waals surface area contributed by atoms with Crippen LogP contribution >= 0.6 is 11.6 Å². The van der Waals surface area contributed by atoms with Crippen LogP contribution in [-0.2, 0) is 24.3 Å². The molecule has 0 aliphatic heterocycles. The first-order valence-corrected chi connectivity index (χ1v) is 7.75. The van der Waals surface area contributed by atoms with E-state index in [4.69, 9.17) is 16.0 Å². The fourth-order valence-electron chi connectivity index (χ4n) is 2.05. The van der Waals surface area contributed by atoms with Gasteiger partial charge in [-0.05, 0) is 36.4 Å². The maximum Gasteiger partial charge on any atom is 0.228 e. The predicted octanol–water partition coefficient (Wildman–Crippen LogP) is 2.52. The molecule has 3 rings (SSSR count). The van der Waals surface area contributed by atoms with Crippen LogP contribution in [0.5, 0.6) is 0 Å². The van der Waals surface area contributed by atoms with Gasteiger partial charge >= 0.3 is 0 Å². The van der Waals surface area contributed by atoms with E-state index < -0.39 is 0 Å². The molecule has 0 radical (unpaired) electrons. The molecular formula is C16H16ClN5O2. The molecule has 1 aromatic carbocycles. The minimum absolute atomic E-state index is 0.109. The zero-order valence-corrected chi connectivity index (χ0v) is 13.5. The Hall–Kier alpha value is -2.80. The van der Waals surface area contributed by atoms with Crippen molar-refractivity contribution in [3.05, 3.63) is 65.1 Å². The molecule has 2 aromatic heterocycles. The second-order valence-electron chi connectivity index (χ2n) is 5.09. The molecule has 0 saturated carbocycles. The zero-order valence-electron chi connectivity index (χ0n) is 12.8. The summed E-state index contributed by atoms with van der Waals surface area (Å²) in [6.45, 7) is 0.823.